The number of nitrogens with zero attached hydrogens (tertiary/aromatic N) is 3. The number of carbonyl (C=O) groups is 1. The van der Waals surface area contributed by atoms with Gasteiger partial charge in [-0.2, -0.15) is 0 Å². The first-order chi connectivity index (χ1) is 15.6. The molecule has 0 amide bonds. The van der Waals surface area contributed by atoms with Crippen LogP contribution in [-0.4, -0.2) is 27.8 Å². The Kier molecular flexibility index (Phi) is 6.55. The number of benzene rings is 2. The highest BCUT2D eigenvalue weighted by Gasteiger charge is 2.21. The van der Waals surface area contributed by atoms with Gasteiger partial charge in [-0.1, -0.05) is 42.1 Å². The normalized spacial score (nSPS) is 11.8. The van der Waals surface area contributed by atoms with Gasteiger partial charge in [-0.25, -0.2) is 9.18 Å². The predicted octanol–water partition coefficient (Wildman–Crippen LogP) is 5.22. The molecular formula is C23H20FN3O4S. The highest BCUT2D eigenvalue weighted by Crippen LogP contribution is 2.36. The Morgan fingerprint density at radius 2 is 1.84 bits per heavy atom. The Hall–Kier alpha value is -3.59. The van der Waals surface area contributed by atoms with E-state index in [0.29, 0.717) is 16.7 Å². The maximum atomic E-state index is 13.9. The molecule has 0 N–H and O–H groups in total. The summed E-state index contributed by atoms with van der Waals surface area (Å²) >= 11 is 1.41. The number of halogens is 1. The van der Waals surface area contributed by atoms with Crippen molar-refractivity contribution in [1.82, 2.24) is 14.8 Å². The molecule has 9 heteroatoms. The molecule has 32 heavy (non-hydrogen) atoms. The van der Waals surface area contributed by atoms with Crippen molar-refractivity contribution in [2.45, 2.75) is 23.9 Å². The molecule has 0 aliphatic heterocycles. The summed E-state index contributed by atoms with van der Waals surface area (Å²) in [5.74, 6) is 0.419. The fourth-order valence-corrected chi connectivity index (χ4v) is 3.97. The van der Waals surface area contributed by atoms with E-state index < -0.39 is 11.8 Å². The Balaban J connectivity index is 1.60. The lowest BCUT2D eigenvalue weighted by molar-refractivity contribution is 0.0563. The van der Waals surface area contributed by atoms with Crippen molar-refractivity contribution in [1.29, 1.82) is 0 Å². The van der Waals surface area contributed by atoms with Crippen molar-refractivity contribution in [3.8, 4) is 11.4 Å². The van der Waals surface area contributed by atoms with Crippen LogP contribution in [0.15, 0.2) is 76.3 Å². The van der Waals surface area contributed by atoms with Crippen molar-refractivity contribution in [3.63, 3.8) is 0 Å². The molecule has 4 aromatic rings. The average Bonchev–Trinajstić information content (AvgIpc) is 3.46. The summed E-state index contributed by atoms with van der Waals surface area (Å²) in [6.07, 6.45) is 0. The number of furan rings is 1. The summed E-state index contributed by atoms with van der Waals surface area (Å²) in [6, 6.07) is 19.1. The van der Waals surface area contributed by atoms with Crippen molar-refractivity contribution in [2.24, 2.45) is 0 Å². The van der Waals surface area contributed by atoms with Crippen LogP contribution in [-0.2, 0) is 11.3 Å². The predicted molar refractivity (Wildman–Crippen MR) is 116 cm³/mol. The maximum absolute atomic E-state index is 13.9. The smallest absolute Gasteiger partial charge is 0.373 e. The fraction of sp³-hybridized carbons (Fsp3) is 0.174. The van der Waals surface area contributed by atoms with Gasteiger partial charge >= 0.3 is 5.97 Å². The number of aromatic nitrogens is 3. The van der Waals surface area contributed by atoms with Gasteiger partial charge in [-0.15, -0.1) is 10.2 Å². The lowest BCUT2D eigenvalue weighted by atomic mass is 10.3. The van der Waals surface area contributed by atoms with Gasteiger partial charge in [-0.3, -0.25) is 4.57 Å². The van der Waals surface area contributed by atoms with E-state index >= 15 is 0 Å². The summed E-state index contributed by atoms with van der Waals surface area (Å²) < 4.78 is 31.8. The topological polar surface area (TPSA) is 79.4 Å². The first-order valence-electron chi connectivity index (χ1n) is 9.78. The van der Waals surface area contributed by atoms with Crippen molar-refractivity contribution >= 4 is 17.7 Å². The van der Waals surface area contributed by atoms with E-state index in [9.17, 15) is 9.18 Å². The van der Waals surface area contributed by atoms with E-state index in [1.165, 1.54) is 24.9 Å². The fourth-order valence-electron chi connectivity index (χ4n) is 3.01. The number of para-hydroxylation sites is 2. The second-order valence-electron chi connectivity index (χ2n) is 6.74. The third-order valence-corrected chi connectivity index (χ3v) is 5.67. The van der Waals surface area contributed by atoms with Gasteiger partial charge in [0.15, 0.2) is 22.5 Å². The van der Waals surface area contributed by atoms with Crippen molar-refractivity contribution in [2.75, 3.05) is 7.11 Å². The SMILES string of the molecule is COC(=O)c1ccc(C(C)Sc2nnc(COc3ccccc3F)n2-c2ccccc2)o1. The van der Waals surface area contributed by atoms with Gasteiger partial charge in [0.2, 0.25) is 5.76 Å². The molecule has 2 aromatic heterocycles. The Bertz CT molecular complexity index is 1210. The van der Waals surface area contributed by atoms with Crippen LogP contribution in [0.4, 0.5) is 4.39 Å². The zero-order chi connectivity index (χ0) is 22.5. The van der Waals surface area contributed by atoms with E-state index in [4.69, 9.17) is 13.9 Å². The van der Waals surface area contributed by atoms with Crippen LogP contribution >= 0.6 is 11.8 Å². The summed E-state index contributed by atoms with van der Waals surface area (Å²) in [6.45, 7) is 1.97. The van der Waals surface area contributed by atoms with Crippen molar-refractivity contribution in [3.05, 3.63) is 89.9 Å². The monoisotopic (exact) mass is 453 g/mol. The van der Waals surface area contributed by atoms with E-state index in [-0.39, 0.29) is 23.4 Å². The van der Waals surface area contributed by atoms with Crippen LogP contribution in [0.3, 0.4) is 0 Å². The third-order valence-electron chi connectivity index (χ3n) is 4.60. The quantitative estimate of drug-likeness (QED) is 0.267. The highest BCUT2D eigenvalue weighted by molar-refractivity contribution is 7.99. The summed E-state index contributed by atoms with van der Waals surface area (Å²) in [7, 11) is 1.30. The average molecular weight is 453 g/mol. The number of hydrogen-bond acceptors (Lipinski definition) is 7. The van der Waals surface area contributed by atoms with Crippen LogP contribution < -0.4 is 4.74 Å². The first kappa shape index (κ1) is 21.6. The number of ether oxygens (including phenoxy) is 2. The minimum atomic E-state index is -0.534. The van der Waals surface area contributed by atoms with E-state index in [1.54, 1.807) is 30.3 Å². The third kappa shape index (κ3) is 4.67. The molecule has 1 unspecified atom stereocenters. The van der Waals surface area contributed by atoms with E-state index in [0.717, 1.165) is 5.69 Å². The minimum Gasteiger partial charge on any atom is -0.483 e. The van der Waals surface area contributed by atoms with E-state index in [2.05, 4.69) is 10.2 Å². The Morgan fingerprint density at radius 3 is 2.59 bits per heavy atom. The van der Waals surface area contributed by atoms with Crippen LogP contribution in [0.1, 0.15) is 34.3 Å². The highest BCUT2D eigenvalue weighted by atomic mass is 32.2. The Morgan fingerprint density at radius 1 is 1.09 bits per heavy atom. The molecule has 0 aliphatic rings. The number of carbonyl (C=O) groups excluding carboxylic acids is 1. The van der Waals surface area contributed by atoms with Gasteiger partial charge < -0.3 is 13.9 Å². The number of rotatable bonds is 8. The first-order valence-corrected chi connectivity index (χ1v) is 10.7. The van der Waals surface area contributed by atoms with Crippen LogP contribution in [0, 0.1) is 5.82 Å². The molecule has 0 aliphatic carbocycles. The zero-order valence-electron chi connectivity index (χ0n) is 17.4. The molecule has 7 nitrogen and oxygen atoms in total. The molecular weight excluding hydrogens is 433 g/mol. The number of esters is 1. The molecule has 4 rings (SSSR count). The van der Waals surface area contributed by atoms with Gasteiger partial charge in [0, 0.05) is 5.69 Å². The summed E-state index contributed by atoms with van der Waals surface area (Å²) in [5.41, 5.74) is 0.842. The molecule has 0 spiro atoms. The summed E-state index contributed by atoms with van der Waals surface area (Å²) in [5, 5.41) is 9.03. The molecule has 0 saturated heterocycles. The lowest BCUT2D eigenvalue weighted by Gasteiger charge is -2.13. The summed E-state index contributed by atoms with van der Waals surface area (Å²) in [4.78, 5) is 11.7. The van der Waals surface area contributed by atoms with E-state index in [1.807, 2.05) is 41.8 Å². The maximum Gasteiger partial charge on any atom is 0.373 e. The second kappa shape index (κ2) is 9.69. The minimum absolute atomic E-state index is 0.0327. The number of thioether (sulfide) groups is 1. The lowest BCUT2D eigenvalue weighted by Crippen LogP contribution is -2.07. The van der Waals surface area contributed by atoms with Gasteiger partial charge in [-0.05, 0) is 43.3 Å². The van der Waals surface area contributed by atoms with Gasteiger partial charge in [0.25, 0.3) is 0 Å². The molecule has 0 fully saturated rings. The number of methoxy groups -OCH3 is 1. The molecule has 0 saturated carbocycles. The zero-order valence-corrected chi connectivity index (χ0v) is 18.2. The van der Waals surface area contributed by atoms with Crippen LogP contribution in [0.25, 0.3) is 5.69 Å². The largest absolute Gasteiger partial charge is 0.483 e. The Labute approximate surface area is 188 Å². The second-order valence-corrected chi connectivity index (χ2v) is 8.05. The molecule has 1 atom stereocenters. The number of hydrogen-bond donors (Lipinski definition) is 0. The standard InChI is InChI=1S/C23H20FN3O4S/c1-15(18-12-13-20(31-18)22(28)29-2)32-23-26-25-21(27(23)16-8-4-3-5-9-16)14-30-19-11-7-6-10-17(19)24/h3-13,15H,14H2,1-2H3. The molecule has 164 valence electrons. The van der Waals surface area contributed by atoms with Crippen molar-refractivity contribution < 1.29 is 23.1 Å². The molecule has 0 bridgehead atoms. The van der Waals surface area contributed by atoms with Crippen LogP contribution in [0.2, 0.25) is 0 Å². The van der Waals surface area contributed by atoms with Gasteiger partial charge in [0.1, 0.15) is 12.4 Å². The molecule has 2 heterocycles. The molecule has 2 aromatic carbocycles. The van der Waals surface area contributed by atoms with Gasteiger partial charge in [0.05, 0.1) is 12.4 Å². The molecule has 0 radical (unpaired) electrons. The van der Waals surface area contributed by atoms with Crippen LogP contribution in [0.5, 0.6) is 5.75 Å².